The Morgan fingerprint density at radius 3 is 2.91 bits per heavy atom. The van der Waals surface area contributed by atoms with E-state index in [2.05, 4.69) is 0 Å². The molecule has 0 N–H and O–H groups in total. The molecule has 0 atom stereocenters. The van der Waals surface area contributed by atoms with Crippen LogP contribution >= 0.6 is 11.6 Å². The lowest BCUT2D eigenvalue weighted by Gasteiger charge is -1.95. The Hall–Kier alpha value is -0.560. The largest absolute Gasteiger partial charge is 0.207 e. The molecule has 0 aromatic carbocycles. The normalized spacial score (nSPS) is 18.3. The summed E-state index contributed by atoms with van der Waals surface area (Å²) in [6.45, 7) is 2.01. The van der Waals surface area contributed by atoms with Crippen LogP contribution in [0.3, 0.4) is 0 Å². The molecule has 0 nitrogen and oxygen atoms in total. The van der Waals surface area contributed by atoms with Crippen molar-refractivity contribution in [2.45, 2.75) is 19.8 Å². The van der Waals surface area contributed by atoms with Crippen LogP contribution in [-0.2, 0) is 0 Å². The number of allylic oxidation sites excluding steroid dienone is 6. The SMILES string of the molecule is CCC1=CC(F)=CC(Cl)=CC1. The first-order chi connectivity index (χ1) is 5.22. The van der Waals surface area contributed by atoms with E-state index in [4.69, 9.17) is 11.6 Å². The van der Waals surface area contributed by atoms with Gasteiger partial charge in [0.1, 0.15) is 5.83 Å². The van der Waals surface area contributed by atoms with Crippen molar-refractivity contribution >= 4 is 11.6 Å². The average Bonchev–Trinajstić information content (AvgIpc) is 2.11. The Bertz CT molecular complexity index is 236. The van der Waals surface area contributed by atoms with Gasteiger partial charge in [-0.3, -0.25) is 0 Å². The van der Waals surface area contributed by atoms with Gasteiger partial charge >= 0.3 is 0 Å². The van der Waals surface area contributed by atoms with Crippen molar-refractivity contribution in [3.8, 4) is 0 Å². The summed E-state index contributed by atoms with van der Waals surface area (Å²) < 4.78 is 12.8. The third kappa shape index (κ3) is 2.51. The van der Waals surface area contributed by atoms with Crippen LogP contribution in [0.1, 0.15) is 19.8 Å². The zero-order valence-corrected chi connectivity index (χ0v) is 7.16. The Labute approximate surface area is 71.1 Å². The number of halogens is 2. The molecule has 11 heavy (non-hydrogen) atoms. The van der Waals surface area contributed by atoms with Crippen LogP contribution in [0.2, 0.25) is 0 Å². The van der Waals surface area contributed by atoms with Gasteiger partial charge in [0.15, 0.2) is 0 Å². The van der Waals surface area contributed by atoms with Crippen LogP contribution in [0, 0.1) is 0 Å². The van der Waals surface area contributed by atoms with Gasteiger partial charge in [-0.1, -0.05) is 30.2 Å². The molecule has 0 fully saturated rings. The summed E-state index contributed by atoms with van der Waals surface area (Å²) in [7, 11) is 0. The standard InChI is InChI=1S/C9H10ClF/c1-2-7-3-4-8(10)6-9(11)5-7/h4-6H,2-3H2,1H3. The molecule has 0 aromatic heterocycles. The molecule has 0 aromatic rings. The van der Waals surface area contributed by atoms with Crippen molar-refractivity contribution in [3.63, 3.8) is 0 Å². The summed E-state index contributed by atoms with van der Waals surface area (Å²) in [5.41, 5.74) is 1.08. The molecule has 0 amide bonds. The number of hydrogen-bond acceptors (Lipinski definition) is 0. The van der Waals surface area contributed by atoms with Crippen molar-refractivity contribution in [1.29, 1.82) is 0 Å². The maximum Gasteiger partial charge on any atom is 0.124 e. The van der Waals surface area contributed by atoms with Crippen LogP contribution in [-0.4, -0.2) is 0 Å². The van der Waals surface area contributed by atoms with Crippen molar-refractivity contribution < 1.29 is 4.39 Å². The van der Waals surface area contributed by atoms with E-state index in [1.807, 2.05) is 13.0 Å². The van der Waals surface area contributed by atoms with E-state index in [1.54, 1.807) is 6.08 Å². The minimum Gasteiger partial charge on any atom is -0.207 e. The first-order valence-corrected chi connectivity index (χ1v) is 4.02. The highest BCUT2D eigenvalue weighted by Crippen LogP contribution is 2.20. The summed E-state index contributed by atoms with van der Waals surface area (Å²) in [5, 5.41) is 0.488. The fourth-order valence-corrected chi connectivity index (χ4v) is 1.14. The molecule has 0 heterocycles. The monoisotopic (exact) mass is 172 g/mol. The smallest absolute Gasteiger partial charge is 0.124 e. The third-order valence-electron chi connectivity index (χ3n) is 1.63. The molecule has 60 valence electrons. The molecule has 1 aliphatic rings. The second kappa shape index (κ2) is 3.72. The second-order valence-electron chi connectivity index (χ2n) is 2.48. The molecule has 0 aliphatic heterocycles. The molecule has 0 unspecified atom stereocenters. The van der Waals surface area contributed by atoms with E-state index >= 15 is 0 Å². The van der Waals surface area contributed by atoms with Crippen molar-refractivity contribution in [1.82, 2.24) is 0 Å². The lowest BCUT2D eigenvalue weighted by molar-refractivity contribution is 0.664. The summed E-state index contributed by atoms with van der Waals surface area (Å²) in [5.74, 6) is -0.249. The van der Waals surface area contributed by atoms with Crippen LogP contribution in [0.25, 0.3) is 0 Å². The van der Waals surface area contributed by atoms with E-state index in [1.165, 1.54) is 6.08 Å². The Morgan fingerprint density at radius 2 is 2.27 bits per heavy atom. The first-order valence-electron chi connectivity index (χ1n) is 3.64. The highest BCUT2D eigenvalue weighted by Gasteiger charge is 2.01. The van der Waals surface area contributed by atoms with E-state index in [0.717, 1.165) is 18.4 Å². The number of rotatable bonds is 1. The molecule has 0 bridgehead atoms. The lowest BCUT2D eigenvalue weighted by atomic mass is 10.1. The minimum atomic E-state index is -0.249. The topological polar surface area (TPSA) is 0 Å². The van der Waals surface area contributed by atoms with Crippen LogP contribution in [0.4, 0.5) is 4.39 Å². The maximum absolute atomic E-state index is 12.8. The molecule has 1 rings (SSSR count). The van der Waals surface area contributed by atoms with Gasteiger partial charge in [0.25, 0.3) is 0 Å². The third-order valence-corrected chi connectivity index (χ3v) is 1.89. The van der Waals surface area contributed by atoms with E-state index in [0.29, 0.717) is 5.03 Å². The lowest BCUT2D eigenvalue weighted by Crippen LogP contribution is -1.76. The molecule has 0 spiro atoms. The summed E-state index contributed by atoms with van der Waals surface area (Å²) >= 11 is 5.65. The average molecular weight is 173 g/mol. The maximum atomic E-state index is 12.8. The van der Waals surface area contributed by atoms with Gasteiger partial charge in [-0.25, -0.2) is 4.39 Å². The highest BCUT2D eigenvalue weighted by atomic mass is 35.5. The fraction of sp³-hybridized carbons (Fsp3) is 0.333. The van der Waals surface area contributed by atoms with Crippen molar-refractivity contribution in [2.24, 2.45) is 0 Å². The Balaban J connectivity index is 2.85. The van der Waals surface area contributed by atoms with E-state index < -0.39 is 0 Å². The summed E-state index contributed by atoms with van der Waals surface area (Å²) in [6.07, 6.45) is 6.35. The van der Waals surface area contributed by atoms with E-state index in [9.17, 15) is 4.39 Å². The van der Waals surface area contributed by atoms with E-state index in [-0.39, 0.29) is 5.83 Å². The van der Waals surface area contributed by atoms with Gasteiger partial charge in [-0.2, -0.15) is 0 Å². The van der Waals surface area contributed by atoms with Gasteiger partial charge in [0.2, 0.25) is 0 Å². The molecular weight excluding hydrogens is 163 g/mol. The highest BCUT2D eigenvalue weighted by molar-refractivity contribution is 6.31. The molecule has 1 aliphatic carbocycles. The quantitative estimate of drug-likeness (QED) is 0.566. The molecule has 0 radical (unpaired) electrons. The van der Waals surface area contributed by atoms with Gasteiger partial charge < -0.3 is 0 Å². The van der Waals surface area contributed by atoms with Crippen molar-refractivity contribution in [3.05, 3.63) is 34.7 Å². The predicted octanol–water partition coefficient (Wildman–Crippen LogP) is 3.70. The Kier molecular flexibility index (Phi) is 2.89. The van der Waals surface area contributed by atoms with Crippen molar-refractivity contribution in [2.75, 3.05) is 0 Å². The van der Waals surface area contributed by atoms with Gasteiger partial charge in [-0.15, -0.1) is 0 Å². The zero-order valence-electron chi connectivity index (χ0n) is 6.40. The Morgan fingerprint density at radius 1 is 1.55 bits per heavy atom. The van der Waals surface area contributed by atoms with Crippen LogP contribution in [0.5, 0.6) is 0 Å². The summed E-state index contributed by atoms with van der Waals surface area (Å²) in [6, 6.07) is 0. The molecule has 2 heteroatoms. The van der Waals surface area contributed by atoms with Crippen LogP contribution in [0.15, 0.2) is 34.7 Å². The zero-order chi connectivity index (χ0) is 8.27. The number of hydrogen-bond donors (Lipinski definition) is 0. The summed E-state index contributed by atoms with van der Waals surface area (Å²) in [4.78, 5) is 0. The van der Waals surface area contributed by atoms with Gasteiger partial charge in [-0.05, 0) is 25.0 Å². The predicted molar refractivity (Wildman–Crippen MR) is 46.1 cm³/mol. The van der Waals surface area contributed by atoms with Gasteiger partial charge in [0, 0.05) is 5.03 Å². The molecule has 0 saturated heterocycles. The van der Waals surface area contributed by atoms with Crippen LogP contribution < -0.4 is 0 Å². The molecular formula is C9H10ClF. The second-order valence-corrected chi connectivity index (χ2v) is 2.91. The van der Waals surface area contributed by atoms with Gasteiger partial charge in [0.05, 0.1) is 0 Å². The first kappa shape index (κ1) is 8.54. The fourth-order valence-electron chi connectivity index (χ4n) is 0.961. The molecule has 0 saturated carbocycles. The minimum absolute atomic E-state index is 0.249.